The van der Waals surface area contributed by atoms with Gasteiger partial charge in [-0.25, -0.2) is 14.2 Å². The number of carbonyl (C=O) groups excluding carboxylic acids is 1. The van der Waals surface area contributed by atoms with Gasteiger partial charge in [0, 0.05) is 19.3 Å². The van der Waals surface area contributed by atoms with Crippen molar-refractivity contribution >= 4 is 22.8 Å². The molecule has 190 valence electrons. The van der Waals surface area contributed by atoms with Gasteiger partial charge >= 0.3 is 5.69 Å². The molecule has 9 heteroatoms. The van der Waals surface area contributed by atoms with Crippen LogP contribution in [0.3, 0.4) is 0 Å². The number of anilines is 1. The summed E-state index contributed by atoms with van der Waals surface area (Å²) in [5.74, 6) is -0.250. The van der Waals surface area contributed by atoms with E-state index in [1.807, 2.05) is 44.2 Å². The minimum absolute atomic E-state index is 0.177. The molecule has 0 saturated carbocycles. The molecule has 0 radical (unpaired) electrons. The maximum atomic E-state index is 14.0. The van der Waals surface area contributed by atoms with Crippen LogP contribution < -0.4 is 16.2 Å². The fraction of sp³-hybridized carbons (Fsp3) is 0.250. The molecule has 1 fully saturated rings. The van der Waals surface area contributed by atoms with E-state index in [0.717, 1.165) is 0 Å². The Morgan fingerprint density at radius 1 is 1.11 bits per heavy atom. The average molecular weight is 502 g/mol. The fourth-order valence-electron chi connectivity index (χ4n) is 5.17. The van der Waals surface area contributed by atoms with Crippen molar-refractivity contribution in [1.82, 2.24) is 19.0 Å². The van der Waals surface area contributed by atoms with Gasteiger partial charge in [-0.2, -0.15) is 0 Å². The molecule has 0 unspecified atom stereocenters. The van der Waals surface area contributed by atoms with E-state index in [1.54, 1.807) is 41.1 Å². The van der Waals surface area contributed by atoms with Crippen LogP contribution in [0.2, 0.25) is 0 Å². The summed E-state index contributed by atoms with van der Waals surface area (Å²) in [5.41, 5.74) is 7.26. The molecule has 5 rings (SSSR count). The monoisotopic (exact) mass is 501 g/mol. The Morgan fingerprint density at radius 2 is 1.78 bits per heavy atom. The lowest BCUT2D eigenvalue weighted by molar-refractivity contribution is -0.132. The molecule has 4 aromatic rings. The zero-order chi connectivity index (χ0) is 26.3. The van der Waals surface area contributed by atoms with Crippen LogP contribution in [0.15, 0.2) is 84.1 Å². The van der Waals surface area contributed by atoms with Crippen molar-refractivity contribution in [2.75, 3.05) is 18.8 Å². The van der Waals surface area contributed by atoms with Crippen LogP contribution in [0.5, 0.6) is 11.5 Å². The van der Waals surface area contributed by atoms with Gasteiger partial charge in [-0.05, 0) is 54.3 Å². The molecule has 2 aromatic carbocycles. The third kappa shape index (κ3) is 4.60. The SMILES string of the molecule is C=C(F)C(=O)N1C[C@@H](n2c(=O)n(-c3ccc(Oc4ccccc4)cc3)c3c(N)nccc32)CC(C)(C)C1. The highest BCUT2D eigenvalue weighted by Gasteiger charge is 2.38. The summed E-state index contributed by atoms with van der Waals surface area (Å²) in [6.07, 6.45) is 2.16. The highest BCUT2D eigenvalue weighted by molar-refractivity contribution is 5.91. The Bertz CT molecular complexity index is 1540. The molecule has 0 aliphatic carbocycles. The van der Waals surface area contributed by atoms with Crippen LogP contribution in [0.1, 0.15) is 26.3 Å². The van der Waals surface area contributed by atoms with Gasteiger partial charge in [-0.3, -0.25) is 13.9 Å². The summed E-state index contributed by atoms with van der Waals surface area (Å²) >= 11 is 0. The largest absolute Gasteiger partial charge is 0.457 e. The molecule has 1 saturated heterocycles. The normalized spacial score (nSPS) is 17.1. The lowest BCUT2D eigenvalue weighted by atomic mass is 9.81. The number of likely N-dealkylation sites (tertiary alicyclic amines) is 1. The van der Waals surface area contributed by atoms with E-state index in [1.165, 1.54) is 9.47 Å². The van der Waals surface area contributed by atoms with Gasteiger partial charge in [0.05, 0.1) is 17.2 Å². The number of imidazole rings is 1. The van der Waals surface area contributed by atoms with Crippen molar-refractivity contribution in [3.05, 3.63) is 89.8 Å². The number of aromatic nitrogens is 3. The van der Waals surface area contributed by atoms with Gasteiger partial charge < -0.3 is 15.4 Å². The van der Waals surface area contributed by atoms with Crippen LogP contribution >= 0.6 is 0 Å². The highest BCUT2D eigenvalue weighted by Crippen LogP contribution is 2.37. The number of amides is 1. The second-order valence-corrected chi connectivity index (χ2v) is 10.1. The Labute approximate surface area is 213 Å². The van der Waals surface area contributed by atoms with E-state index >= 15 is 0 Å². The van der Waals surface area contributed by atoms with E-state index in [2.05, 4.69) is 11.6 Å². The molecule has 0 spiro atoms. The molecule has 3 heterocycles. The van der Waals surface area contributed by atoms with E-state index in [4.69, 9.17) is 10.5 Å². The number of halogens is 1. The van der Waals surface area contributed by atoms with Gasteiger partial charge in [-0.15, -0.1) is 0 Å². The molecule has 1 aliphatic rings. The lowest BCUT2D eigenvalue weighted by Gasteiger charge is -2.42. The third-order valence-electron chi connectivity index (χ3n) is 6.61. The Balaban J connectivity index is 1.58. The molecule has 2 aromatic heterocycles. The number of hydrogen-bond acceptors (Lipinski definition) is 5. The van der Waals surface area contributed by atoms with Crippen molar-refractivity contribution in [2.45, 2.75) is 26.3 Å². The lowest BCUT2D eigenvalue weighted by Crippen LogP contribution is -2.49. The van der Waals surface area contributed by atoms with Crippen LogP contribution in [0, 0.1) is 5.41 Å². The van der Waals surface area contributed by atoms with Crippen LogP contribution in [0.25, 0.3) is 16.7 Å². The number of nitrogen functional groups attached to an aromatic ring is 1. The Kier molecular flexibility index (Phi) is 6.07. The van der Waals surface area contributed by atoms with Crippen LogP contribution in [-0.4, -0.2) is 38.0 Å². The summed E-state index contributed by atoms with van der Waals surface area (Å²) in [4.78, 5) is 32.1. The Hall–Kier alpha value is -4.40. The molecule has 8 nitrogen and oxygen atoms in total. The molecule has 2 N–H and O–H groups in total. The number of ether oxygens (including phenoxy) is 1. The summed E-state index contributed by atoms with van der Waals surface area (Å²) < 4.78 is 22.8. The molecule has 1 atom stereocenters. The van der Waals surface area contributed by atoms with Gasteiger partial charge in [0.1, 0.15) is 22.8 Å². The van der Waals surface area contributed by atoms with Crippen LogP contribution in [-0.2, 0) is 4.79 Å². The first-order chi connectivity index (χ1) is 17.6. The zero-order valence-electron chi connectivity index (χ0n) is 20.7. The number of piperidine rings is 1. The number of pyridine rings is 1. The van der Waals surface area contributed by atoms with Crippen molar-refractivity contribution in [3.63, 3.8) is 0 Å². The summed E-state index contributed by atoms with van der Waals surface area (Å²) in [6.45, 7) is 7.69. The van der Waals surface area contributed by atoms with E-state index in [0.29, 0.717) is 41.2 Å². The number of hydrogen-bond donors (Lipinski definition) is 1. The van der Waals surface area contributed by atoms with Gasteiger partial charge in [-0.1, -0.05) is 38.6 Å². The number of fused-ring (bicyclic) bond motifs is 1. The van der Waals surface area contributed by atoms with Gasteiger partial charge in [0.2, 0.25) is 0 Å². The van der Waals surface area contributed by atoms with E-state index < -0.39 is 17.8 Å². The number of nitrogens with zero attached hydrogens (tertiary/aromatic N) is 4. The van der Waals surface area contributed by atoms with Crippen molar-refractivity contribution < 1.29 is 13.9 Å². The van der Waals surface area contributed by atoms with Crippen molar-refractivity contribution in [1.29, 1.82) is 0 Å². The zero-order valence-corrected chi connectivity index (χ0v) is 20.7. The number of nitrogens with two attached hydrogens (primary N) is 1. The first-order valence-electron chi connectivity index (χ1n) is 12.0. The maximum Gasteiger partial charge on any atom is 0.334 e. The number of carbonyl (C=O) groups is 1. The molecular weight excluding hydrogens is 473 g/mol. The summed E-state index contributed by atoms with van der Waals surface area (Å²) in [7, 11) is 0. The summed E-state index contributed by atoms with van der Waals surface area (Å²) in [5, 5.41) is 0. The molecule has 37 heavy (non-hydrogen) atoms. The van der Waals surface area contributed by atoms with E-state index in [-0.39, 0.29) is 23.5 Å². The molecular formula is C28H28FN5O3. The number of rotatable bonds is 5. The second kappa shape index (κ2) is 9.24. The maximum absolute atomic E-state index is 14.0. The van der Waals surface area contributed by atoms with Gasteiger partial charge in [0.15, 0.2) is 5.83 Å². The first-order valence-corrected chi connectivity index (χ1v) is 12.0. The average Bonchev–Trinajstić information content (AvgIpc) is 3.16. The topological polar surface area (TPSA) is 95.4 Å². The number of para-hydroxylation sites is 1. The van der Waals surface area contributed by atoms with Gasteiger partial charge in [0.25, 0.3) is 5.91 Å². The third-order valence-corrected chi connectivity index (χ3v) is 6.61. The van der Waals surface area contributed by atoms with Crippen LogP contribution in [0.4, 0.5) is 10.2 Å². The highest BCUT2D eigenvalue weighted by atomic mass is 19.1. The Morgan fingerprint density at radius 3 is 2.46 bits per heavy atom. The van der Waals surface area contributed by atoms with E-state index in [9.17, 15) is 14.0 Å². The second-order valence-electron chi connectivity index (χ2n) is 10.1. The predicted molar refractivity (Wildman–Crippen MR) is 141 cm³/mol. The summed E-state index contributed by atoms with van der Waals surface area (Å²) in [6, 6.07) is 17.9. The quantitative estimate of drug-likeness (QED) is 0.395. The fourth-order valence-corrected chi connectivity index (χ4v) is 5.17. The molecule has 1 aliphatic heterocycles. The minimum atomic E-state index is -1.02. The smallest absolute Gasteiger partial charge is 0.334 e. The van der Waals surface area contributed by atoms with Crippen molar-refractivity contribution in [3.8, 4) is 17.2 Å². The molecule has 1 amide bonds. The first kappa shape index (κ1) is 24.3. The molecule has 0 bridgehead atoms. The standard InChI is InChI=1S/C28H28FN5O3/c1-18(29)26(35)32-16-20(15-28(2,3)17-32)33-23-13-14-31-25(30)24(23)34(27(33)36)19-9-11-22(12-10-19)37-21-7-5-4-6-8-21/h4-14,20H,1,15-17H2,2-3H3,(H2,30,31)/t20-/m0/s1. The minimum Gasteiger partial charge on any atom is -0.457 e. The number of benzene rings is 2. The predicted octanol–water partition coefficient (Wildman–Crippen LogP) is 4.84. The van der Waals surface area contributed by atoms with Crippen molar-refractivity contribution in [2.24, 2.45) is 5.41 Å².